The normalized spacial score (nSPS) is 30.2. The first-order valence-corrected chi connectivity index (χ1v) is 6.15. The zero-order valence-corrected chi connectivity index (χ0v) is 9.26. The summed E-state index contributed by atoms with van der Waals surface area (Å²) in [6.07, 6.45) is 9.03. The molecule has 0 amide bonds. The van der Waals surface area contributed by atoms with E-state index in [9.17, 15) is 0 Å². The monoisotopic (exact) mass is 198 g/mol. The molecule has 0 aromatic heterocycles. The standard InChI is InChI=1S/C12H22O2/c1-2-3-4-6-11-7-5-8-12(11)13-9-10-14-12/h11H,2-10H2,1H3. The molecule has 1 saturated carbocycles. The van der Waals surface area contributed by atoms with Crippen LogP contribution < -0.4 is 0 Å². The maximum absolute atomic E-state index is 5.82. The average molecular weight is 198 g/mol. The Kier molecular flexibility index (Phi) is 3.45. The summed E-state index contributed by atoms with van der Waals surface area (Å²) in [5, 5.41) is 0. The van der Waals surface area contributed by atoms with Crippen LogP contribution in [0, 0.1) is 5.92 Å². The van der Waals surface area contributed by atoms with Gasteiger partial charge in [-0.3, -0.25) is 0 Å². The quantitative estimate of drug-likeness (QED) is 0.646. The van der Waals surface area contributed by atoms with Gasteiger partial charge in [0.2, 0.25) is 0 Å². The molecule has 2 rings (SSSR count). The minimum absolute atomic E-state index is 0.145. The van der Waals surface area contributed by atoms with Crippen LogP contribution >= 0.6 is 0 Å². The fourth-order valence-corrected chi connectivity index (χ4v) is 2.87. The van der Waals surface area contributed by atoms with Crippen molar-refractivity contribution in [3.63, 3.8) is 0 Å². The van der Waals surface area contributed by atoms with Crippen molar-refractivity contribution in [1.29, 1.82) is 0 Å². The molecule has 2 fully saturated rings. The van der Waals surface area contributed by atoms with Crippen molar-refractivity contribution in [3.05, 3.63) is 0 Å². The molecule has 2 heteroatoms. The lowest BCUT2D eigenvalue weighted by molar-refractivity contribution is -0.182. The van der Waals surface area contributed by atoms with Crippen LogP contribution in [-0.4, -0.2) is 19.0 Å². The molecule has 0 aromatic rings. The highest BCUT2D eigenvalue weighted by molar-refractivity contribution is 4.88. The molecule has 1 aliphatic carbocycles. The topological polar surface area (TPSA) is 18.5 Å². The van der Waals surface area contributed by atoms with Gasteiger partial charge in [-0.05, 0) is 19.3 Å². The Morgan fingerprint density at radius 2 is 2.00 bits per heavy atom. The second-order valence-electron chi connectivity index (χ2n) is 4.59. The van der Waals surface area contributed by atoms with Gasteiger partial charge in [0.1, 0.15) is 0 Å². The van der Waals surface area contributed by atoms with Crippen LogP contribution in [0.15, 0.2) is 0 Å². The summed E-state index contributed by atoms with van der Waals surface area (Å²) in [6.45, 7) is 3.88. The Hall–Kier alpha value is -0.0800. The Labute approximate surface area is 87.0 Å². The van der Waals surface area contributed by atoms with E-state index >= 15 is 0 Å². The highest BCUT2D eigenvalue weighted by Crippen LogP contribution is 2.44. The second-order valence-corrected chi connectivity index (χ2v) is 4.59. The van der Waals surface area contributed by atoms with Gasteiger partial charge in [-0.25, -0.2) is 0 Å². The fourth-order valence-electron chi connectivity index (χ4n) is 2.87. The zero-order chi connectivity index (χ0) is 9.86. The van der Waals surface area contributed by atoms with E-state index in [1.54, 1.807) is 0 Å². The molecule has 1 saturated heterocycles. The van der Waals surface area contributed by atoms with Gasteiger partial charge < -0.3 is 9.47 Å². The lowest BCUT2D eigenvalue weighted by atomic mass is 9.95. The minimum atomic E-state index is -0.145. The molecule has 82 valence electrons. The number of rotatable bonds is 4. The molecule has 1 heterocycles. The third kappa shape index (κ3) is 1.96. The summed E-state index contributed by atoms with van der Waals surface area (Å²) in [6, 6.07) is 0. The van der Waals surface area contributed by atoms with Crippen LogP contribution in [0.4, 0.5) is 0 Å². The van der Waals surface area contributed by atoms with Crippen LogP contribution in [0.5, 0.6) is 0 Å². The first kappa shape index (κ1) is 10.4. The van der Waals surface area contributed by atoms with Crippen molar-refractivity contribution in [1.82, 2.24) is 0 Å². The largest absolute Gasteiger partial charge is 0.347 e. The third-order valence-electron chi connectivity index (χ3n) is 3.63. The van der Waals surface area contributed by atoms with Gasteiger partial charge in [0.05, 0.1) is 13.2 Å². The smallest absolute Gasteiger partial charge is 0.171 e. The molecule has 14 heavy (non-hydrogen) atoms. The zero-order valence-electron chi connectivity index (χ0n) is 9.26. The molecule has 1 aliphatic heterocycles. The van der Waals surface area contributed by atoms with Crippen LogP contribution in [0.3, 0.4) is 0 Å². The molecule has 1 spiro atoms. The molecule has 0 aromatic carbocycles. The molecular formula is C12H22O2. The lowest BCUT2D eigenvalue weighted by Gasteiger charge is -2.29. The summed E-state index contributed by atoms with van der Waals surface area (Å²) in [4.78, 5) is 0. The molecule has 1 unspecified atom stereocenters. The van der Waals surface area contributed by atoms with E-state index in [1.807, 2.05) is 0 Å². The van der Waals surface area contributed by atoms with Gasteiger partial charge >= 0.3 is 0 Å². The lowest BCUT2D eigenvalue weighted by Crippen LogP contribution is -2.34. The van der Waals surface area contributed by atoms with Crippen LogP contribution in [-0.2, 0) is 9.47 Å². The first-order valence-electron chi connectivity index (χ1n) is 6.15. The summed E-state index contributed by atoms with van der Waals surface area (Å²) in [5.74, 6) is 0.532. The summed E-state index contributed by atoms with van der Waals surface area (Å²) < 4.78 is 11.6. The van der Waals surface area contributed by atoms with Gasteiger partial charge in [-0.1, -0.05) is 26.2 Å². The molecule has 0 N–H and O–H groups in total. The van der Waals surface area contributed by atoms with Crippen LogP contribution in [0.2, 0.25) is 0 Å². The van der Waals surface area contributed by atoms with Gasteiger partial charge in [0.25, 0.3) is 0 Å². The molecule has 0 radical (unpaired) electrons. The summed E-state index contributed by atoms with van der Waals surface area (Å²) in [7, 11) is 0. The fraction of sp³-hybridized carbons (Fsp3) is 1.00. The van der Waals surface area contributed by atoms with E-state index in [-0.39, 0.29) is 5.79 Å². The van der Waals surface area contributed by atoms with E-state index in [2.05, 4.69) is 6.92 Å². The van der Waals surface area contributed by atoms with Crippen LogP contribution in [0.25, 0.3) is 0 Å². The highest BCUT2D eigenvalue weighted by Gasteiger charge is 2.47. The van der Waals surface area contributed by atoms with Gasteiger partial charge in [0.15, 0.2) is 5.79 Å². The minimum Gasteiger partial charge on any atom is -0.347 e. The second kappa shape index (κ2) is 4.63. The predicted octanol–water partition coefficient (Wildman–Crippen LogP) is 3.11. The number of hydrogen-bond donors (Lipinski definition) is 0. The van der Waals surface area contributed by atoms with E-state index in [4.69, 9.17) is 9.47 Å². The highest BCUT2D eigenvalue weighted by atomic mass is 16.7. The molecule has 2 aliphatic rings. The SMILES string of the molecule is CCCCCC1CCCC12OCCO2. The van der Waals surface area contributed by atoms with Crippen molar-refractivity contribution in [2.75, 3.05) is 13.2 Å². The summed E-state index contributed by atoms with van der Waals surface area (Å²) >= 11 is 0. The Bertz CT molecular complexity index is 168. The van der Waals surface area contributed by atoms with Crippen molar-refractivity contribution in [2.45, 2.75) is 57.7 Å². The van der Waals surface area contributed by atoms with Gasteiger partial charge in [-0.15, -0.1) is 0 Å². The van der Waals surface area contributed by atoms with E-state index in [0.717, 1.165) is 19.6 Å². The van der Waals surface area contributed by atoms with Crippen LogP contribution in [0.1, 0.15) is 51.9 Å². The summed E-state index contributed by atoms with van der Waals surface area (Å²) in [5.41, 5.74) is 0. The van der Waals surface area contributed by atoms with Crippen molar-refractivity contribution in [2.24, 2.45) is 5.92 Å². The van der Waals surface area contributed by atoms with Gasteiger partial charge in [-0.2, -0.15) is 0 Å². The van der Waals surface area contributed by atoms with E-state index < -0.39 is 0 Å². The van der Waals surface area contributed by atoms with Gasteiger partial charge in [0, 0.05) is 12.3 Å². The molecule has 1 atom stereocenters. The Morgan fingerprint density at radius 1 is 1.21 bits per heavy atom. The predicted molar refractivity (Wildman–Crippen MR) is 56.1 cm³/mol. The van der Waals surface area contributed by atoms with E-state index in [1.165, 1.54) is 38.5 Å². The molecular weight excluding hydrogens is 176 g/mol. The van der Waals surface area contributed by atoms with Crippen molar-refractivity contribution >= 4 is 0 Å². The third-order valence-corrected chi connectivity index (χ3v) is 3.63. The number of unbranched alkanes of at least 4 members (excludes halogenated alkanes) is 2. The van der Waals surface area contributed by atoms with Crippen molar-refractivity contribution in [3.8, 4) is 0 Å². The maximum Gasteiger partial charge on any atom is 0.171 e. The maximum atomic E-state index is 5.82. The van der Waals surface area contributed by atoms with E-state index in [0.29, 0.717) is 5.92 Å². The number of hydrogen-bond acceptors (Lipinski definition) is 2. The first-order chi connectivity index (χ1) is 6.87. The molecule has 0 bridgehead atoms. The Balaban J connectivity index is 1.84. The molecule has 2 nitrogen and oxygen atoms in total. The Morgan fingerprint density at radius 3 is 2.71 bits per heavy atom. The number of ether oxygens (including phenoxy) is 2. The average Bonchev–Trinajstić information content (AvgIpc) is 2.80. The van der Waals surface area contributed by atoms with Crippen molar-refractivity contribution < 1.29 is 9.47 Å².